The molecule has 0 radical (unpaired) electrons. The van der Waals surface area contributed by atoms with E-state index < -0.39 is 5.92 Å². The van der Waals surface area contributed by atoms with Crippen LogP contribution >= 0.6 is 0 Å². The number of carbonyl (C=O) groups is 1. The molecule has 1 aromatic carbocycles. The molecule has 0 aliphatic heterocycles. The molecule has 5 heteroatoms. The lowest BCUT2D eigenvalue weighted by Crippen LogP contribution is -2.19. The highest BCUT2D eigenvalue weighted by atomic mass is 16.3. The van der Waals surface area contributed by atoms with Crippen molar-refractivity contribution in [3.63, 3.8) is 0 Å². The molecule has 1 amide bonds. The number of nitrogens with zero attached hydrogens (tertiary/aromatic N) is 2. The largest absolute Gasteiger partial charge is 0.460 e. The maximum atomic E-state index is 12.2. The maximum Gasteiger partial charge on any atom is 0.236 e. The SMILES string of the molecule is CC(C(=O)Nc1cnccn1)c1cc2ccccc2o1. The zero-order valence-electron chi connectivity index (χ0n) is 10.9. The topological polar surface area (TPSA) is 68.0 Å². The molecule has 1 atom stereocenters. The fraction of sp³-hybridized carbons (Fsp3) is 0.133. The highest BCUT2D eigenvalue weighted by Crippen LogP contribution is 2.25. The minimum absolute atomic E-state index is 0.176. The molecule has 3 aromatic rings. The fourth-order valence-corrected chi connectivity index (χ4v) is 1.94. The summed E-state index contributed by atoms with van der Waals surface area (Å²) in [5.41, 5.74) is 0.779. The summed E-state index contributed by atoms with van der Waals surface area (Å²) in [6.07, 6.45) is 4.59. The molecule has 2 heterocycles. The summed E-state index contributed by atoms with van der Waals surface area (Å²) in [5, 5.41) is 3.70. The van der Waals surface area contributed by atoms with Crippen LogP contribution in [0.25, 0.3) is 11.0 Å². The first-order valence-electron chi connectivity index (χ1n) is 6.29. The highest BCUT2D eigenvalue weighted by Gasteiger charge is 2.19. The molecule has 3 rings (SSSR count). The minimum Gasteiger partial charge on any atom is -0.460 e. The number of hydrogen-bond acceptors (Lipinski definition) is 4. The zero-order valence-corrected chi connectivity index (χ0v) is 10.9. The van der Waals surface area contributed by atoms with Crippen molar-refractivity contribution in [1.82, 2.24) is 9.97 Å². The van der Waals surface area contributed by atoms with Crippen LogP contribution in [0.4, 0.5) is 5.82 Å². The number of aromatic nitrogens is 2. The number of nitrogens with one attached hydrogen (secondary N) is 1. The van der Waals surface area contributed by atoms with Gasteiger partial charge in [-0.2, -0.15) is 0 Å². The molecular weight excluding hydrogens is 254 g/mol. The summed E-state index contributed by atoms with van der Waals surface area (Å²) in [5.74, 6) is 0.488. The van der Waals surface area contributed by atoms with Crippen LogP contribution in [-0.4, -0.2) is 15.9 Å². The van der Waals surface area contributed by atoms with Gasteiger partial charge in [0.2, 0.25) is 5.91 Å². The van der Waals surface area contributed by atoms with Crippen LogP contribution in [-0.2, 0) is 4.79 Å². The third-order valence-corrected chi connectivity index (χ3v) is 3.08. The Morgan fingerprint density at radius 2 is 2.15 bits per heavy atom. The molecule has 0 aliphatic rings. The number of fused-ring (bicyclic) bond motifs is 1. The molecule has 1 unspecified atom stereocenters. The zero-order chi connectivity index (χ0) is 13.9. The van der Waals surface area contributed by atoms with Gasteiger partial charge in [0, 0.05) is 17.8 Å². The van der Waals surface area contributed by atoms with E-state index in [1.54, 1.807) is 13.1 Å². The number of para-hydroxylation sites is 1. The number of amides is 1. The number of anilines is 1. The van der Waals surface area contributed by atoms with Crippen LogP contribution in [0, 0.1) is 0 Å². The Morgan fingerprint density at radius 3 is 2.90 bits per heavy atom. The summed E-state index contributed by atoms with van der Waals surface area (Å²) in [6.45, 7) is 1.80. The van der Waals surface area contributed by atoms with Crippen molar-refractivity contribution >= 4 is 22.7 Å². The minimum atomic E-state index is -0.399. The number of hydrogen-bond donors (Lipinski definition) is 1. The number of rotatable bonds is 3. The second kappa shape index (κ2) is 5.13. The van der Waals surface area contributed by atoms with Crippen molar-refractivity contribution in [2.45, 2.75) is 12.8 Å². The van der Waals surface area contributed by atoms with Gasteiger partial charge in [-0.1, -0.05) is 18.2 Å². The van der Waals surface area contributed by atoms with Crippen molar-refractivity contribution in [1.29, 1.82) is 0 Å². The normalized spacial score (nSPS) is 12.2. The molecule has 20 heavy (non-hydrogen) atoms. The van der Waals surface area contributed by atoms with E-state index in [2.05, 4.69) is 15.3 Å². The molecule has 0 spiro atoms. The van der Waals surface area contributed by atoms with Crippen molar-refractivity contribution in [2.75, 3.05) is 5.32 Å². The smallest absolute Gasteiger partial charge is 0.236 e. The molecule has 0 saturated carbocycles. The van der Waals surface area contributed by atoms with Gasteiger partial charge in [0.1, 0.15) is 11.3 Å². The van der Waals surface area contributed by atoms with E-state index in [1.807, 2.05) is 30.3 Å². The van der Waals surface area contributed by atoms with E-state index in [-0.39, 0.29) is 5.91 Å². The fourth-order valence-electron chi connectivity index (χ4n) is 1.94. The lowest BCUT2D eigenvalue weighted by atomic mass is 10.1. The number of carbonyl (C=O) groups excluding carboxylic acids is 1. The number of benzene rings is 1. The Labute approximate surface area is 115 Å². The lowest BCUT2D eigenvalue weighted by Gasteiger charge is -2.08. The molecule has 2 aromatic heterocycles. The van der Waals surface area contributed by atoms with Crippen molar-refractivity contribution in [2.24, 2.45) is 0 Å². The first-order valence-corrected chi connectivity index (χ1v) is 6.29. The molecule has 0 saturated heterocycles. The van der Waals surface area contributed by atoms with Gasteiger partial charge < -0.3 is 9.73 Å². The van der Waals surface area contributed by atoms with Crippen LogP contribution in [0.3, 0.4) is 0 Å². The van der Waals surface area contributed by atoms with Crippen LogP contribution in [0.15, 0.2) is 53.3 Å². The van der Waals surface area contributed by atoms with E-state index in [0.717, 1.165) is 11.0 Å². The highest BCUT2D eigenvalue weighted by molar-refractivity contribution is 5.95. The van der Waals surface area contributed by atoms with Gasteiger partial charge in [-0.3, -0.25) is 9.78 Å². The predicted molar refractivity (Wildman–Crippen MR) is 75.3 cm³/mol. The van der Waals surface area contributed by atoms with E-state index >= 15 is 0 Å². The second-order valence-electron chi connectivity index (χ2n) is 4.49. The van der Waals surface area contributed by atoms with Gasteiger partial charge in [-0.15, -0.1) is 0 Å². The molecule has 1 N–H and O–H groups in total. The van der Waals surface area contributed by atoms with Crippen molar-refractivity contribution in [3.05, 3.63) is 54.7 Å². The average Bonchev–Trinajstić information content (AvgIpc) is 2.91. The summed E-state index contributed by atoms with van der Waals surface area (Å²) in [4.78, 5) is 20.1. The monoisotopic (exact) mass is 267 g/mol. The number of furan rings is 1. The Morgan fingerprint density at radius 1 is 1.30 bits per heavy atom. The standard InChI is InChI=1S/C15H13N3O2/c1-10(15(19)18-14-9-16-6-7-17-14)13-8-11-4-2-3-5-12(11)20-13/h2-10H,1H3,(H,17,18,19). The Hall–Kier alpha value is -2.69. The predicted octanol–water partition coefficient (Wildman–Crippen LogP) is 2.97. The van der Waals surface area contributed by atoms with E-state index in [1.165, 1.54) is 12.4 Å². The van der Waals surface area contributed by atoms with E-state index in [9.17, 15) is 4.79 Å². The third-order valence-electron chi connectivity index (χ3n) is 3.08. The van der Waals surface area contributed by atoms with Gasteiger partial charge >= 0.3 is 0 Å². The molecule has 100 valence electrons. The lowest BCUT2D eigenvalue weighted by molar-refractivity contribution is -0.117. The van der Waals surface area contributed by atoms with Crippen LogP contribution in [0.1, 0.15) is 18.6 Å². The summed E-state index contributed by atoms with van der Waals surface area (Å²) in [6, 6.07) is 9.56. The van der Waals surface area contributed by atoms with Gasteiger partial charge in [0.15, 0.2) is 5.82 Å². The van der Waals surface area contributed by atoms with Crippen molar-refractivity contribution in [3.8, 4) is 0 Å². The molecule has 5 nitrogen and oxygen atoms in total. The quantitative estimate of drug-likeness (QED) is 0.792. The molecule has 0 aliphatic carbocycles. The Kier molecular flexibility index (Phi) is 3.16. The first-order chi connectivity index (χ1) is 9.74. The van der Waals surface area contributed by atoms with Gasteiger partial charge in [0.25, 0.3) is 0 Å². The van der Waals surface area contributed by atoms with Crippen LogP contribution in [0.2, 0.25) is 0 Å². The first kappa shape index (κ1) is 12.3. The van der Waals surface area contributed by atoms with Crippen molar-refractivity contribution < 1.29 is 9.21 Å². The second-order valence-corrected chi connectivity index (χ2v) is 4.49. The van der Waals surface area contributed by atoms with E-state index in [4.69, 9.17) is 4.42 Å². The maximum absolute atomic E-state index is 12.2. The van der Waals surface area contributed by atoms with E-state index in [0.29, 0.717) is 11.6 Å². The Bertz CT molecular complexity index is 704. The van der Waals surface area contributed by atoms with Gasteiger partial charge in [-0.25, -0.2) is 4.98 Å². The Balaban J connectivity index is 1.81. The molecule has 0 bridgehead atoms. The summed E-state index contributed by atoms with van der Waals surface area (Å²) in [7, 11) is 0. The summed E-state index contributed by atoms with van der Waals surface area (Å²) < 4.78 is 5.69. The van der Waals surface area contributed by atoms with Crippen LogP contribution in [0.5, 0.6) is 0 Å². The summed E-state index contributed by atoms with van der Waals surface area (Å²) >= 11 is 0. The van der Waals surface area contributed by atoms with Gasteiger partial charge in [0.05, 0.1) is 12.1 Å². The van der Waals surface area contributed by atoms with Gasteiger partial charge in [-0.05, 0) is 19.1 Å². The molecular formula is C15H13N3O2. The molecule has 0 fully saturated rings. The third kappa shape index (κ3) is 2.38. The average molecular weight is 267 g/mol. The van der Waals surface area contributed by atoms with Crippen LogP contribution < -0.4 is 5.32 Å².